The molecule has 0 bridgehead atoms. The number of ether oxygens (including phenoxy) is 2. The van der Waals surface area contributed by atoms with E-state index in [-0.39, 0.29) is 11.8 Å². The molecule has 2 amide bonds. The number of carbonyl (C=O) groups is 2. The number of aliphatic hydroxyl groups excluding tert-OH is 4. The third kappa shape index (κ3) is 9.87. The van der Waals surface area contributed by atoms with Crippen molar-refractivity contribution < 1.29 is 39.5 Å². The summed E-state index contributed by atoms with van der Waals surface area (Å²) < 4.78 is 11.5. The molecule has 0 aliphatic carbocycles. The monoisotopic (exact) mass is 669 g/mol. The van der Waals surface area contributed by atoms with E-state index in [0.29, 0.717) is 30.8 Å². The second kappa shape index (κ2) is 16.9. The summed E-state index contributed by atoms with van der Waals surface area (Å²) in [7, 11) is 5.38. The molecular formula is C37H55N3O8. The third-order valence-corrected chi connectivity index (χ3v) is 8.76. The minimum atomic E-state index is -1.50. The van der Waals surface area contributed by atoms with E-state index in [1.807, 2.05) is 67.5 Å². The lowest BCUT2D eigenvalue weighted by Gasteiger charge is -2.40. The number of hydrogen-bond donors (Lipinski definition) is 6. The average Bonchev–Trinajstić information content (AvgIpc) is 3.03. The molecule has 5 atom stereocenters. The van der Waals surface area contributed by atoms with Crippen molar-refractivity contribution in [2.75, 3.05) is 40.9 Å². The molecule has 6 N–H and O–H groups in total. The molecule has 2 aromatic rings. The molecule has 266 valence electrons. The van der Waals surface area contributed by atoms with Crippen LogP contribution in [0.2, 0.25) is 0 Å². The van der Waals surface area contributed by atoms with Crippen molar-refractivity contribution in [1.29, 1.82) is 0 Å². The number of nitrogens with one attached hydrogen (secondary N) is 2. The topological polar surface area (TPSA) is 161 Å². The molecule has 3 rings (SSSR count). The lowest BCUT2D eigenvalue weighted by Crippen LogP contribution is -2.57. The largest absolute Gasteiger partial charge is 0.496 e. The maximum Gasteiger partial charge on any atom is 0.245 e. The fourth-order valence-electron chi connectivity index (χ4n) is 5.57. The zero-order chi connectivity index (χ0) is 35.8. The van der Waals surface area contributed by atoms with Crippen LogP contribution in [0.3, 0.4) is 0 Å². The number of rotatable bonds is 15. The smallest absolute Gasteiger partial charge is 0.245 e. The third-order valence-electron chi connectivity index (χ3n) is 8.76. The Morgan fingerprint density at radius 1 is 0.979 bits per heavy atom. The Hall–Kier alpha value is -3.32. The fourth-order valence-corrected chi connectivity index (χ4v) is 5.57. The normalized spacial score (nSPS) is 21.8. The first kappa shape index (κ1) is 39.1. The molecule has 0 radical (unpaired) electrons. The van der Waals surface area contributed by atoms with Gasteiger partial charge in [-0.25, -0.2) is 0 Å². The number of nitrogens with zero attached hydrogens (tertiary/aromatic N) is 1. The van der Waals surface area contributed by atoms with Gasteiger partial charge in [-0.2, -0.15) is 0 Å². The van der Waals surface area contributed by atoms with E-state index in [0.717, 1.165) is 35.1 Å². The quantitative estimate of drug-likeness (QED) is 0.167. The van der Waals surface area contributed by atoms with Crippen molar-refractivity contribution in [3.8, 4) is 5.75 Å². The number of carbonyl (C=O) groups excluding carboxylic acids is 2. The van der Waals surface area contributed by atoms with E-state index in [9.17, 15) is 30.0 Å². The Labute approximate surface area is 285 Å². The van der Waals surface area contributed by atoms with Crippen LogP contribution in [0.1, 0.15) is 75.0 Å². The number of likely N-dealkylation sites (N-methyl/N-ethyl adjacent to an activating group) is 1. The molecule has 1 saturated heterocycles. The highest BCUT2D eigenvalue weighted by molar-refractivity contribution is 5.93. The van der Waals surface area contributed by atoms with E-state index in [1.165, 1.54) is 7.11 Å². The maximum absolute atomic E-state index is 13.2. The van der Waals surface area contributed by atoms with Crippen LogP contribution in [0.5, 0.6) is 5.75 Å². The van der Waals surface area contributed by atoms with Gasteiger partial charge in [0.1, 0.15) is 41.8 Å². The SMILES string of the molecule is CCCc1cc(OC)c([C@@H]2O[C@H](CO)[C@H](O)[C@H](O)C2O)cc1Cc1ccc(/C=C/C(C)(C)C(=O)NC(C)(C)C(=O)NCCN(C)C)cc1. The first-order valence-electron chi connectivity index (χ1n) is 16.6. The van der Waals surface area contributed by atoms with Crippen LogP contribution in [0, 0.1) is 5.41 Å². The Kier molecular flexibility index (Phi) is 13.7. The molecule has 1 aliphatic rings. The standard InChI is InChI=1S/C37H55N3O8/c1-9-10-25-21-28(47-8)27(33-32(44)31(43)30(42)29(22-41)48-33)20-26(25)19-24-13-11-23(12-14-24)15-16-36(2,3)34(45)39-37(4,5)35(46)38-17-18-40(6)7/h11-16,20-21,29-33,41-44H,9-10,17-19,22H2,1-8H3,(H,38,46)(H,39,45)/b16-15+/t29-,30+,31+,32?,33+/m1/s1. The van der Waals surface area contributed by atoms with Gasteiger partial charge in [0.25, 0.3) is 0 Å². The van der Waals surface area contributed by atoms with Crippen LogP contribution in [-0.2, 0) is 27.2 Å². The Bertz CT molecular complexity index is 1400. The predicted molar refractivity (Wildman–Crippen MR) is 186 cm³/mol. The second-order valence-electron chi connectivity index (χ2n) is 14.0. The van der Waals surface area contributed by atoms with Gasteiger partial charge in [-0.15, -0.1) is 0 Å². The van der Waals surface area contributed by atoms with Crippen LogP contribution in [0.4, 0.5) is 0 Å². The molecule has 1 heterocycles. The predicted octanol–water partition coefficient (Wildman–Crippen LogP) is 2.37. The highest BCUT2D eigenvalue weighted by Gasteiger charge is 2.45. The molecule has 11 heteroatoms. The molecule has 2 aromatic carbocycles. The van der Waals surface area contributed by atoms with Gasteiger partial charge in [0, 0.05) is 18.7 Å². The zero-order valence-corrected chi connectivity index (χ0v) is 29.6. The van der Waals surface area contributed by atoms with Gasteiger partial charge in [0.15, 0.2) is 0 Å². The van der Waals surface area contributed by atoms with Crippen LogP contribution in [0.15, 0.2) is 42.5 Å². The van der Waals surface area contributed by atoms with Gasteiger partial charge in [0.05, 0.1) is 19.1 Å². The summed E-state index contributed by atoms with van der Waals surface area (Å²) in [6.07, 6.45) is -0.413. The molecule has 11 nitrogen and oxygen atoms in total. The lowest BCUT2D eigenvalue weighted by molar-refractivity contribution is -0.232. The fraction of sp³-hybridized carbons (Fsp3) is 0.568. The summed E-state index contributed by atoms with van der Waals surface area (Å²) in [6.45, 7) is 9.75. The Morgan fingerprint density at radius 3 is 2.23 bits per heavy atom. The van der Waals surface area contributed by atoms with Crippen molar-refractivity contribution >= 4 is 17.9 Å². The lowest BCUT2D eigenvalue weighted by atomic mass is 9.87. The molecule has 0 aromatic heterocycles. The van der Waals surface area contributed by atoms with E-state index < -0.39 is 48.1 Å². The van der Waals surface area contributed by atoms with Crippen LogP contribution in [0.25, 0.3) is 6.08 Å². The first-order chi connectivity index (χ1) is 22.5. The van der Waals surface area contributed by atoms with E-state index in [2.05, 4.69) is 17.6 Å². The number of methoxy groups -OCH3 is 1. The van der Waals surface area contributed by atoms with E-state index >= 15 is 0 Å². The highest BCUT2D eigenvalue weighted by atomic mass is 16.5. The van der Waals surface area contributed by atoms with E-state index in [4.69, 9.17) is 9.47 Å². The van der Waals surface area contributed by atoms with Crippen LogP contribution >= 0.6 is 0 Å². The minimum absolute atomic E-state index is 0.243. The highest BCUT2D eigenvalue weighted by Crippen LogP contribution is 2.39. The summed E-state index contributed by atoms with van der Waals surface area (Å²) in [5, 5.41) is 47.0. The van der Waals surface area contributed by atoms with Gasteiger partial charge in [-0.05, 0) is 89.0 Å². The number of aliphatic hydroxyl groups is 4. The van der Waals surface area contributed by atoms with Gasteiger partial charge in [0.2, 0.25) is 11.8 Å². The number of hydrogen-bond acceptors (Lipinski definition) is 9. The van der Waals surface area contributed by atoms with Crippen molar-refractivity contribution in [3.63, 3.8) is 0 Å². The van der Waals surface area contributed by atoms with Crippen LogP contribution < -0.4 is 15.4 Å². The zero-order valence-electron chi connectivity index (χ0n) is 29.6. The number of aryl methyl sites for hydroxylation is 1. The summed E-state index contributed by atoms with van der Waals surface area (Å²) in [4.78, 5) is 27.8. The molecule has 0 saturated carbocycles. The van der Waals surface area contributed by atoms with Crippen molar-refractivity contribution in [2.45, 2.75) is 89.9 Å². The summed E-state index contributed by atoms with van der Waals surface area (Å²) in [5.74, 6) is -0.0133. The summed E-state index contributed by atoms with van der Waals surface area (Å²) >= 11 is 0. The second-order valence-corrected chi connectivity index (χ2v) is 14.0. The minimum Gasteiger partial charge on any atom is -0.496 e. The van der Waals surface area contributed by atoms with Crippen molar-refractivity contribution in [2.24, 2.45) is 5.41 Å². The molecule has 1 aliphatic heterocycles. The van der Waals surface area contributed by atoms with Gasteiger partial charge in [-0.1, -0.05) is 49.8 Å². The Balaban J connectivity index is 1.77. The molecule has 0 spiro atoms. The molecular weight excluding hydrogens is 614 g/mol. The first-order valence-corrected chi connectivity index (χ1v) is 16.6. The molecule has 1 fully saturated rings. The Morgan fingerprint density at radius 2 is 1.65 bits per heavy atom. The van der Waals surface area contributed by atoms with E-state index in [1.54, 1.807) is 27.7 Å². The van der Waals surface area contributed by atoms with Crippen molar-refractivity contribution in [3.05, 3.63) is 70.3 Å². The average molecular weight is 670 g/mol. The summed E-state index contributed by atoms with van der Waals surface area (Å²) in [5.41, 5.74) is 2.60. The molecule has 48 heavy (non-hydrogen) atoms. The van der Waals surface area contributed by atoms with Gasteiger partial charge < -0.3 is 45.4 Å². The van der Waals surface area contributed by atoms with Gasteiger partial charge in [-0.3, -0.25) is 9.59 Å². The number of amides is 2. The van der Waals surface area contributed by atoms with Crippen LogP contribution in [-0.4, -0.2) is 108 Å². The maximum atomic E-state index is 13.2. The molecule has 1 unspecified atom stereocenters. The summed E-state index contributed by atoms with van der Waals surface area (Å²) in [6, 6.07) is 11.8. The number of benzene rings is 2. The van der Waals surface area contributed by atoms with Gasteiger partial charge >= 0.3 is 0 Å². The van der Waals surface area contributed by atoms with Crippen molar-refractivity contribution in [1.82, 2.24) is 15.5 Å².